The van der Waals surface area contributed by atoms with Crippen molar-refractivity contribution in [3.05, 3.63) is 29.8 Å². The first-order valence-corrected chi connectivity index (χ1v) is 11.9. The molecule has 0 radical (unpaired) electrons. The molecule has 1 saturated heterocycles. The van der Waals surface area contributed by atoms with Crippen molar-refractivity contribution in [3.8, 4) is 0 Å². The molecular formula is C16H23N3O5S2. The van der Waals surface area contributed by atoms with E-state index in [9.17, 15) is 21.6 Å². The van der Waals surface area contributed by atoms with Gasteiger partial charge in [-0.15, -0.1) is 0 Å². The van der Waals surface area contributed by atoms with Crippen molar-refractivity contribution in [2.45, 2.75) is 42.7 Å². The summed E-state index contributed by atoms with van der Waals surface area (Å²) >= 11 is 0. The van der Waals surface area contributed by atoms with E-state index in [1.807, 2.05) is 0 Å². The van der Waals surface area contributed by atoms with Crippen LogP contribution in [-0.2, 0) is 20.0 Å². The fourth-order valence-electron chi connectivity index (χ4n) is 3.03. The maximum absolute atomic E-state index is 12.8. The highest BCUT2D eigenvalue weighted by atomic mass is 32.2. The fraction of sp³-hybridized carbons (Fsp3) is 0.562. The molecule has 1 heterocycles. The molecule has 2 aliphatic rings. The van der Waals surface area contributed by atoms with Gasteiger partial charge in [-0.25, -0.2) is 26.3 Å². The molecule has 10 heteroatoms. The minimum Gasteiger partial charge on any atom is -0.337 e. The van der Waals surface area contributed by atoms with Crippen LogP contribution < -0.4 is 9.44 Å². The zero-order valence-electron chi connectivity index (χ0n) is 14.5. The predicted molar refractivity (Wildman–Crippen MR) is 96.7 cm³/mol. The highest BCUT2D eigenvalue weighted by molar-refractivity contribution is 7.89. The van der Waals surface area contributed by atoms with Gasteiger partial charge in [0.2, 0.25) is 20.0 Å². The van der Waals surface area contributed by atoms with E-state index < -0.39 is 20.0 Å². The number of piperidine rings is 1. The molecule has 1 saturated carbocycles. The Morgan fingerprint density at radius 3 is 2.46 bits per heavy atom. The largest absolute Gasteiger partial charge is 0.337 e. The van der Waals surface area contributed by atoms with E-state index in [-0.39, 0.29) is 35.0 Å². The molecule has 144 valence electrons. The number of amides is 1. The number of carbonyl (C=O) groups is 1. The number of nitrogens with zero attached hydrogens (tertiary/aromatic N) is 1. The molecule has 0 spiro atoms. The number of sulfonamides is 2. The van der Waals surface area contributed by atoms with Gasteiger partial charge in [-0.2, -0.15) is 0 Å². The lowest BCUT2D eigenvalue weighted by molar-refractivity contribution is 0.0703. The fourth-order valence-corrected chi connectivity index (χ4v) is 5.18. The number of hydrogen-bond acceptors (Lipinski definition) is 5. The minimum atomic E-state index is -3.63. The molecule has 3 rings (SSSR count). The van der Waals surface area contributed by atoms with E-state index >= 15 is 0 Å². The van der Waals surface area contributed by atoms with Crippen LogP contribution in [-0.4, -0.2) is 59.1 Å². The lowest BCUT2D eigenvalue weighted by Crippen LogP contribution is -2.49. The van der Waals surface area contributed by atoms with Gasteiger partial charge in [0.1, 0.15) is 0 Å². The average molecular weight is 402 g/mol. The van der Waals surface area contributed by atoms with Crippen LogP contribution in [0.25, 0.3) is 0 Å². The SMILES string of the molecule is CS(=O)(=O)N[C@@H]1CCCN(C(=O)c2cccc(S(=O)(=O)NC3CC3)c2)C1. The monoisotopic (exact) mass is 401 g/mol. The number of likely N-dealkylation sites (tertiary alicyclic amines) is 1. The van der Waals surface area contributed by atoms with Crippen molar-refractivity contribution in [2.24, 2.45) is 0 Å². The van der Waals surface area contributed by atoms with Crippen molar-refractivity contribution in [2.75, 3.05) is 19.3 Å². The summed E-state index contributed by atoms with van der Waals surface area (Å²) in [5.74, 6) is -0.298. The maximum Gasteiger partial charge on any atom is 0.253 e. The molecule has 1 aromatic carbocycles. The Bertz CT molecular complexity index is 894. The second kappa shape index (κ2) is 7.26. The quantitative estimate of drug-likeness (QED) is 0.711. The van der Waals surface area contributed by atoms with Gasteiger partial charge in [0, 0.05) is 30.7 Å². The first kappa shape index (κ1) is 19.3. The van der Waals surface area contributed by atoms with Gasteiger partial charge in [-0.05, 0) is 43.9 Å². The van der Waals surface area contributed by atoms with Gasteiger partial charge < -0.3 is 4.90 Å². The number of carbonyl (C=O) groups excluding carboxylic acids is 1. The van der Waals surface area contributed by atoms with E-state index in [1.165, 1.54) is 12.1 Å². The number of benzene rings is 1. The van der Waals surface area contributed by atoms with Gasteiger partial charge in [0.05, 0.1) is 11.2 Å². The average Bonchev–Trinajstić information content (AvgIpc) is 3.36. The topological polar surface area (TPSA) is 113 Å². The number of hydrogen-bond donors (Lipinski definition) is 2. The number of rotatable bonds is 6. The zero-order chi connectivity index (χ0) is 18.9. The van der Waals surface area contributed by atoms with E-state index in [2.05, 4.69) is 9.44 Å². The Kier molecular flexibility index (Phi) is 5.38. The summed E-state index contributed by atoms with van der Waals surface area (Å²) in [5.41, 5.74) is 0.281. The van der Waals surface area contributed by atoms with Crippen molar-refractivity contribution >= 4 is 26.0 Å². The Balaban J connectivity index is 1.74. The van der Waals surface area contributed by atoms with E-state index in [1.54, 1.807) is 17.0 Å². The molecule has 1 aliphatic heterocycles. The highest BCUT2D eigenvalue weighted by Crippen LogP contribution is 2.23. The lowest BCUT2D eigenvalue weighted by Gasteiger charge is -2.32. The Morgan fingerprint density at radius 1 is 1.08 bits per heavy atom. The lowest BCUT2D eigenvalue weighted by atomic mass is 10.1. The third-order valence-corrected chi connectivity index (χ3v) is 6.66. The standard InChI is InChI=1S/C16H23N3O5S2/c1-25(21,22)17-14-5-3-9-19(11-14)16(20)12-4-2-6-15(10-12)26(23,24)18-13-7-8-13/h2,4,6,10,13-14,17-18H,3,5,7-9,11H2,1H3/t14-/m1/s1. The Hall–Kier alpha value is -1.49. The second-order valence-corrected chi connectivity index (χ2v) is 10.4. The van der Waals surface area contributed by atoms with E-state index in [0.717, 1.165) is 19.1 Å². The molecule has 1 amide bonds. The van der Waals surface area contributed by atoms with Crippen molar-refractivity contribution < 1.29 is 21.6 Å². The van der Waals surface area contributed by atoms with Crippen molar-refractivity contribution in [1.29, 1.82) is 0 Å². The third-order valence-electron chi connectivity index (χ3n) is 4.38. The molecular weight excluding hydrogens is 378 g/mol. The summed E-state index contributed by atoms with van der Waals surface area (Å²) in [4.78, 5) is 14.4. The molecule has 0 bridgehead atoms. The van der Waals surface area contributed by atoms with Gasteiger partial charge in [-0.1, -0.05) is 6.07 Å². The van der Waals surface area contributed by atoms with Crippen LogP contribution in [0.1, 0.15) is 36.0 Å². The van der Waals surface area contributed by atoms with Gasteiger partial charge >= 0.3 is 0 Å². The zero-order valence-corrected chi connectivity index (χ0v) is 16.1. The van der Waals surface area contributed by atoms with Crippen molar-refractivity contribution in [3.63, 3.8) is 0 Å². The normalized spacial score (nSPS) is 21.6. The molecule has 2 fully saturated rings. The van der Waals surface area contributed by atoms with Gasteiger partial charge in [0.15, 0.2) is 0 Å². The van der Waals surface area contributed by atoms with Crippen LogP contribution in [0, 0.1) is 0 Å². The molecule has 1 aliphatic carbocycles. The number of nitrogens with one attached hydrogen (secondary N) is 2. The summed E-state index contributed by atoms with van der Waals surface area (Å²) in [7, 11) is -6.98. The first-order chi connectivity index (χ1) is 12.1. The maximum atomic E-state index is 12.8. The van der Waals surface area contributed by atoms with Crippen LogP contribution in [0.2, 0.25) is 0 Å². The van der Waals surface area contributed by atoms with Crippen LogP contribution in [0.3, 0.4) is 0 Å². The second-order valence-electron chi connectivity index (χ2n) is 6.90. The predicted octanol–water partition coefficient (Wildman–Crippen LogP) is 0.281. The van der Waals surface area contributed by atoms with Gasteiger partial charge in [0.25, 0.3) is 5.91 Å². The minimum absolute atomic E-state index is 0.00993. The molecule has 2 N–H and O–H groups in total. The summed E-state index contributed by atoms with van der Waals surface area (Å²) in [5, 5.41) is 0. The van der Waals surface area contributed by atoms with E-state index in [4.69, 9.17) is 0 Å². The molecule has 0 aromatic heterocycles. The Labute approximate surface area is 154 Å². The van der Waals surface area contributed by atoms with Crippen LogP contribution in [0.5, 0.6) is 0 Å². The van der Waals surface area contributed by atoms with Crippen LogP contribution in [0.15, 0.2) is 29.2 Å². The van der Waals surface area contributed by atoms with Gasteiger partial charge in [-0.3, -0.25) is 4.79 Å². The summed E-state index contributed by atoms with van der Waals surface area (Å²) in [6, 6.07) is 5.62. The molecule has 1 atom stereocenters. The molecule has 8 nitrogen and oxygen atoms in total. The smallest absolute Gasteiger partial charge is 0.253 e. The molecule has 0 unspecified atom stereocenters. The molecule has 1 aromatic rings. The Morgan fingerprint density at radius 2 is 1.81 bits per heavy atom. The first-order valence-electron chi connectivity index (χ1n) is 8.53. The summed E-state index contributed by atoms with van der Waals surface area (Å²) < 4.78 is 52.6. The molecule has 26 heavy (non-hydrogen) atoms. The van der Waals surface area contributed by atoms with Crippen molar-refractivity contribution in [1.82, 2.24) is 14.3 Å². The van der Waals surface area contributed by atoms with Crippen LogP contribution in [0.4, 0.5) is 0 Å². The highest BCUT2D eigenvalue weighted by Gasteiger charge is 2.29. The summed E-state index contributed by atoms with van der Waals surface area (Å²) in [6.07, 6.45) is 4.10. The third kappa shape index (κ3) is 5.03. The van der Waals surface area contributed by atoms with E-state index in [0.29, 0.717) is 19.4 Å². The van der Waals surface area contributed by atoms with Crippen LogP contribution >= 0.6 is 0 Å². The summed E-state index contributed by atoms with van der Waals surface area (Å²) in [6.45, 7) is 0.779.